The smallest absolute Gasteiger partial charge is 0.306 e. The van der Waals surface area contributed by atoms with Crippen molar-refractivity contribution in [3.05, 3.63) is 0 Å². The van der Waals surface area contributed by atoms with E-state index >= 15 is 0 Å². The summed E-state index contributed by atoms with van der Waals surface area (Å²) in [5, 5.41) is 11.0. The highest BCUT2D eigenvalue weighted by Crippen LogP contribution is 1.94. The van der Waals surface area contributed by atoms with Gasteiger partial charge in [0.25, 0.3) is 0 Å². The average Bonchev–Trinajstić information content (AvgIpc) is 2.23. The van der Waals surface area contributed by atoms with Crippen LogP contribution in [0.15, 0.2) is 0 Å². The lowest BCUT2D eigenvalue weighted by Gasteiger charge is -2.05. The fourth-order valence-corrected chi connectivity index (χ4v) is 0.850. The first-order chi connectivity index (χ1) is 7.10. The van der Waals surface area contributed by atoms with Crippen LogP contribution >= 0.6 is 0 Å². The molecule has 0 spiro atoms. The second-order valence-electron chi connectivity index (χ2n) is 3.14. The average molecular weight is 212 g/mol. The Hall–Kier alpha value is -1.57. The van der Waals surface area contributed by atoms with E-state index in [4.69, 9.17) is 5.26 Å². The van der Waals surface area contributed by atoms with Gasteiger partial charge in [-0.2, -0.15) is 5.26 Å². The molecule has 1 atom stereocenters. The number of nitrogens with one attached hydrogen (secondary N) is 1. The molecule has 0 aliphatic heterocycles. The minimum atomic E-state index is -0.374. The molecule has 0 radical (unpaired) electrons. The van der Waals surface area contributed by atoms with E-state index in [2.05, 4.69) is 10.1 Å². The van der Waals surface area contributed by atoms with Gasteiger partial charge < -0.3 is 10.1 Å². The van der Waals surface area contributed by atoms with Crippen molar-refractivity contribution >= 4 is 11.9 Å². The molecule has 0 fully saturated rings. The van der Waals surface area contributed by atoms with E-state index in [1.54, 1.807) is 13.8 Å². The SMILES string of the molecule is CCOC(=O)CCC(=O)NCC(C)C#N. The fraction of sp³-hybridized carbons (Fsp3) is 0.700. The summed E-state index contributed by atoms with van der Waals surface area (Å²) in [6.45, 7) is 4.07. The van der Waals surface area contributed by atoms with Crippen LogP contribution in [0, 0.1) is 17.2 Å². The van der Waals surface area contributed by atoms with Crippen LogP contribution in [-0.2, 0) is 14.3 Å². The molecule has 84 valence electrons. The van der Waals surface area contributed by atoms with Crippen LogP contribution in [-0.4, -0.2) is 25.0 Å². The molecule has 0 aromatic rings. The van der Waals surface area contributed by atoms with Crippen molar-refractivity contribution in [2.45, 2.75) is 26.7 Å². The summed E-state index contributed by atoms with van der Waals surface area (Å²) in [6.07, 6.45) is 0.192. The largest absolute Gasteiger partial charge is 0.466 e. The molecule has 1 amide bonds. The highest BCUT2D eigenvalue weighted by molar-refractivity contribution is 5.81. The Balaban J connectivity index is 3.58. The number of nitrogens with zero attached hydrogens (tertiary/aromatic N) is 1. The number of esters is 1. The molecule has 0 aromatic carbocycles. The summed E-state index contributed by atoms with van der Waals surface area (Å²) in [6, 6.07) is 2.00. The maximum absolute atomic E-state index is 11.1. The maximum atomic E-state index is 11.1. The molecule has 5 nitrogen and oxygen atoms in total. The zero-order valence-electron chi connectivity index (χ0n) is 9.08. The Morgan fingerprint density at radius 3 is 2.67 bits per heavy atom. The van der Waals surface area contributed by atoms with Crippen LogP contribution < -0.4 is 5.32 Å². The van der Waals surface area contributed by atoms with E-state index in [1.807, 2.05) is 6.07 Å². The summed E-state index contributed by atoms with van der Waals surface area (Å²) >= 11 is 0. The van der Waals surface area contributed by atoms with Gasteiger partial charge in [-0.25, -0.2) is 0 Å². The van der Waals surface area contributed by atoms with Gasteiger partial charge in [-0.1, -0.05) is 0 Å². The summed E-state index contributed by atoms with van der Waals surface area (Å²) < 4.78 is 4.67. The van der Waals surface area contributed by atoms with Gasteiger partial charge >= 0.3 is 5.97 Å². The van der Waals surface area contributed by atoms with Crippen LogP contribution in [0.3, 0.4) is 0 Å². The van der Waals surface area contributed by atoms with Gasteiger partial charge in [0.2, 0.25) is 5.91 Å². The van der Waals surface area contributed by atoms with Gasteiger partial charge in [0, 0.05) is 13.0 Å². The molecule has 0 aromatic heterocycles. The second-order valence-corrected chi connectivity index (χ2v) is 3.14. The van der Waals surface area contributed by atoms with E-state index in [0.29, 0.717) is 13.2 Å². The van der Waals surface area contributed by atoms with E-state index in [-0.39, 0.29) is 30.6 Å². The molecule has 1 unspecified atom stereocenters. The molecule has 0 aliphatic carbocycles. The minimum absolute atomic E-state index is 0.0839. The third-order valence-electron chi connectivity index (χ3n) is 1.69. The first kappa shape index (κ1) is 13.4. The number of carbonyl (C=O) groups is 2. The molecule has 0 saturated heterocycles. The molecule has 1 N–H and O–H groups in total. The lowest BCUT2D eigenvalue weighted by atomic mass is 10.2. The number of carbonyl (C=O) groups excluding carboxylic acids is 2. The van der Waals surface area contributed by atoms with Gasteiger partial charge in [-0.15, -0.1) is 0 Å². The van der Waals surface area contributed by atoms with Crippen LogP contribution in [0.25, 0.3) is 0 Å². The maximum Gasteiger partial charge on any atom is 0.306 e. The zero-order chi connectivity index (χ0) is 11.7. The van der Waals surface area contributed by atoms with Gasteiger partial charge in [0.1, 0.15) is 0 Å². The standard InChI is InChI=1S/C10H16N2O3/c1-3-15-10(14)5-4-9(13)12-7-8(2)6-11/h8H,3-5,7H2,1-2H3,(H,12,13). The molecule has 0 aliphatic rings. The third-order valence-corrected chi connectivity index (χ3v) is 1.69. The van der Waals surface area contributed by atoms with Crippen molar-refractivity contribution < 1.29 is 14.3 Å². The Labute approximate surface area is 89.4 Å². The predicted octanol–water partition coefficient (Wildman–Crippen LogP) is 0.606. The summed E-state index contributed by atoms with van der Waals surface area (Å²) in [5.74, 6) is -0.817. The quantitative estimate of drug-likeness (QED) is 0.654. The number of hydrogen-bond donors (Lipinski definition) is 1. The molecule has 0 bridgehead atoms. The van der Waals surface area contributed by atoms with E-state index in [1.165, 1.54) is 0 Å². The first-order valence-electron chi connectivity index (χ1n) is 4.92. The summed E-state index contributed by atoms with van der Waals surface area (Å²) in [5.41, 5.74) is 0. The molecule has 0 saturated carbocycles. The van der Waals surface area contributed by atoms with Crippen LogP contribution in [0.5, 0.6) is 0 Å². The second kappa shape index (κ2) is 7.80. The van der Waals surface area contributed by atoms with Gasteiger partial charge in [-0.05, 0) is 13.8 Å². The summed E-state index contributed by atoms with van der Waals surface area (Å²) in [4.78, 5) is 22.0. The lowest BCUT2D eigenvalue weighted by Crippen LogP contribution is -2.28. The third kappa shape index (κ3) is 7.50. The Morgan fingerprint density at radius 1 is 1.47 bits per heavy atom. The van der Waals surface area contributed by atoms with Gasteiger partial charge in [0.15, 0.2) is 0 Å². The van der Waals surface area contributed by atoms with Crippen molar-refractivity contribution in [2.24, 2.45) is 5.92 Å². The van der Waals surface area contributed by atoms with Gasteiger partial charge in [-0.3, -0.25) is 9.59 Å². The van der Waals surface area contributed by atoms with Crippen molar-refractivity contribution in [3.8, 4) is 6.07 Å². The van der Waals surface area contributed by atoms with Crippen molar-refractivity contribution in [1.82, 2.24) is 5.32 Å². The number of ether oxygens (including phenoxy) is 1. The number of nitriles is 1. The molecule has 15 heavy (non-hydrogen) atoms. The van der Waals surface area contributed by atoms with E-state index < -0.39 is 0 Å². The van der Waals surface area contributed by atoms with Gasteiger partial charge in [0.05, 0.1) is 25.0 Å². The van der Waals surface area contributed by atoms with E-state index in [0.717, 1.165) is 0 Å². The zero-order valence-corrected chi connectivity index (χ0v) is 9.08. The Bertz CT molecular complexity index is 258. The molecule has 0 heterocycles. The van der Waals surface area contributed by atoms with Crippen molar-refractivity contribution in [2.75, 3.05) is 13.2 Å². The number of rotatable bonds is 6. The van der Waals surface area contributed by atoms with Crippen molar-refractivity contribution in [1.29, 1.82) is 5.26 Å². The topological polar surface area (TPSA) is 79.2 Å². The first-order valence-corrected chi connectivity index (χ1v) is 4.92. The minimum Gasteiger partial charge on any atom is -0.466 e. The molecule has 5 heteroatoms. The monoisotopic (exact) mass is 212 g/mol. The molecular weight excluding hydrogens is 196 g/mol. The lowest BCUT2D eigenvalue weighted by molar-refractivity contribution is -0.144. The Morgan fingerprint density at radius 2 is 2.13 bits per heavy atom. The van der Waals surface area contributed by atoms with Crippen LogP contribution in [0.4, 0.5) is 0 Å². The Kier molecular flexibility index (Phi) is 6.98. The van der Waals surface area contributed by atoms with Crippen LogP contribution in [0.2, 0.25) is 0 Å². The number of hydrogen-bond acceptors (Lipinski definition) is 4. The number of amides is 1. The van der Waals surface area contributed by atoms with E-state index in [9.17, 15) is 9.59 Å². The molecule has 0 rings (SSSR count). The molecular formula is C10H16N2O3. The summed E-state index contributed by atoms with van der Waals surface area (Å²) in [7, 11) is 0. The predicted molar refractivity (Wildman–Crippen MR) is 53.7 cm³/mol. The fourth-order valence-electron chi connectivity index (χ4n) is 0.850. The highest BCUT2D eigenvalue weighted by Gasteiger charge is 2.08. The highest BCUT2D eigenvalue weighted by atomic mass is 16.5. The van der Waals surface area contributed by atoms with Crippen LogP contribution in [0.1, 0.15) is 26.7 Å². The van der Waals surface area contributed by atoms with Crippen molar-refractivity contribution in [3.63, 3.8) is 0 Å². The normalized spacial score (nSPS) is 11.3.